The molecule has 1 saturated heterocycles. The normalized spacial score (nSPS) is 28.9. The number of likely N-dealkylation sites (tertiary alicyclic amines) is 1. The Hall–Kier alpha value is -0.770. The Morgan fingerprint density at radius 2 is 2.38 bits per heavy atom. The van der Waals surface area contributed by atoms with Crippen molar-refractivity contribution in [3.63, 3.8) is 0 Å². The summed E-state index contributed by atoms with van der Waals surface area (Å²) in [6.07, 6.45) is 2.00. The molecule has 0 aromatic heterocycles. The number of carbonyl (C=O) groups is 1. The van der Waals surface area contributed by atoms with Crippen molar-refractivity contribution in [1.29, 1.82) is 0 Å². The second kappa shape index (κ2) is 4.46. The Balaban J connectivity index is 2.55. The zero-order chi connectivity index (χ0) is 9.84. The maximum absolute atomic E-state index is 10.8. The van der Waals surface area contributed by atoms with E-state index < -0.39 is 6.09 Å². The maximum atomic E-state index is 10.8. The molecule has 1 aliphatic rings. The smallest absolute Gasteiger partial charge is 0.407 e. The Labute approximate surface area is 78.9 Å². The minimum Gasteiger partial charge on any atom is -0.465 e. The van der Waals surface area contributed by atoms with Gasteiger partial charge in [0.25, 0.3) is 0 Å². The number of piperidine rings is 1. The summed E-state index contributed by atoms with van der Waals surface area (Å²) in [4.78, 5) is 12.4. The van der Waals surface area contributed by atoms with Gasteiger partial charge in [-0.25, -0.2) is 4.79 Å². The lowest BCUT2D eigenvalue weighted by atomic mass is 9.96. The lowest BCUT2D eigenvalue weighted by Crippen LogP contribution is -2.49. The minimum absolute atomic E-state index is 0.198. The number of hydrogen-bond donors (Lipinski definition) is 2. The van der Waals surface area contributed by atoms with Crippen LogP contribution in [-0.4, -0.2) is 41.8 Å². The van der Waals surface area contributed by atoms with Crippen molar-refractivity contribution in [3.8, 4) is 0 Å². The van der Waals surface area contributed by atoms with Gasteiger partial charge in [0.15, 0.2) is 0 Å². The van der Waals surface area contributed by atoms with Gasteiger partial charge in [-0.3, -0.25) is 0 Å². The largest absolute Gasteiger partial charge is 0.465 e. The van der Waals surface area contributed by atoms with E-state index in [0.29, 0.717) is 12.6 Å². The molecule has 0 aromatic rings. The van der Waals surface area contributed by atoms with Crippen molar-refractivity contribution in [3.05, 3.63) is 0 Å². The molecule has 1 heterocycles. The highest BCUT2D eigenvalue weighted by molar-refractivity contribution is 5.65. The van der Waals surface area contributed by atoms with E-state index in [-0.39, 0.29) is 6.04 Å². The van der Waals surface area contributed by atoms with E-state index in [1.165, 1.54) is 0 Å². The number of hydrogen-bond acceptors (Lipinski definition) is 2. The molecule has 0 aliphatic carbocycles. The highest BCUT2D eigenvalue weighted by Crippen LogP contribution is 2.19. The average molecular weight is 186 g/mol. The summed E-state index contributed by atoms with van der Waals surface area (Å²) in [7, 11) is 1.94. The van der Waals surface area contributed by atoms with Gasteiger partial charge in [-0.15, -0.1) is 0 Å². The Kier molecular flexibility index (Phi) is 3.54. The van der Waals surface area contributed by atoms with Crippen LogP contribution in [0.1, 0.15) is 26.2 Å². The van der Waals surface area contributed by atoms with Crippen LogP contribution in [0.4, 0.5) is 4.79 Å². The molecule has 0 bridgehead atoms. The summed E-state index contributed by atoms with van der Waals surface area (Å²) >= 11 is 0. The van der Waals surface area contributed by atoms with E-state index in [1.807, 2.05) is 14.0 Å². The number of rotatable bonds is 2. The standard InChI is InChI=1S/C9H18N2O2/c1-3-8-6-7(10-2)4-5-11(8)9(12)13/h7-8,10H,3-6H2,1-2H3,(H,12,13)/t7-,8+/m0/s1. The fourth-order valence-corrected chi connectivity index (χ4v) is 1.95. The lowest BCUT2D eigenvalue weighted by Gasteiger charge is -2.37. The minimum atomic E-state index is -0.776. The molecule has 2 N–H and O–H groups in total. The van der Waals surface area contributed by atoms with Gasteiger partial charge in [-0.2, -0.15) is 0 Å². The van der Waals surface area contributed by atoms with E-state index in [0.717, 1.165) is 19.3 Å². The van der Waals surface area contributed by atoms with Crippen molar-refractivity contribution in [2.75, 3.05) is 13.6 Å². The fourth-order valence-electron chi connectivity index (χ4n) is 1.95. The van der Waals surface area contributed by atoms with E-state index in [1.54, 1.807) is 4.90 Å². The molecule has 2 atom stereocenters. The molecule has 4 heteroatoms. The average Bonchev–Trinajstić information content (AvgIpc) is 2.16. The molecule has 1 amide bonds. The molecule has 0 radical (unpaired) electrons. The number of amides is 1. The molecule has 0 spiro atoms. The van der Waals surface area contributed by atoms with E-state index in [2.05, 4.69) is 5.32 Å². The highest BCUT2D eigenvalue weighted by atomic mass is 16.4. The predicted octanol–water partition coefficient (Wildman–Crippen LogP) is 1.13. The molecule has 76 valence electrons. The van der Waals surface area contributed by atoms with Crippen molar-refractivity contribution < 1.29 is 9.90 Å². The fraction of sp³-hybridized carbons (Fsp3) is 0.889. The second-order valence-electron chi connectivity index (χ2n) is 3.55. The summed E-state index contributed by atoms with van der Waals surface area (Å²) in [6.45, 7) is 2.71. The summed E-state index contributed by atoms with van der Waals surface area (Å²) in [6, 6.07) is 0.684. The quantitative estimate of drug-likeness (QED) is 0.679. The van der Waals surface area contributed by atoms with Crippen molar-refractivity contribution in [2.45, 2.75) is 38.3 Å². The first-order valence-corrected chi connectivity index (χ1v) is 4.85. The third-order valence-electron chi connectivity index (χ3n) is 2.84. The number of nitrogens with one attached hydrogen (secondary N) is 1. The zero-order valence-electron chi connectivity index (χ0n) is 8.29. The number of carboxylic acid groups (broad SMARTS) is 1. The third-order valence-corrected chi connectivity index (χ3v) is 2.84. The first-order chi connectivity index (χ1) is 6.19. The van der Waals surface area contributed by atoms with Crippen LogP contribution in [0.5, 0.6) is 0 Å². The van der Waals surface area contributed by atoms with Crippen molar-refractivity contribution in [2.24, 2.45) is 0 Å². The zero-order valence-corrected chi connectivity index (χ0v) is 8.29. The molecule has 13 heavy (non-hydrogen) atoms. The summed E-state index contributed by atoms with van der Waals surface area (Å²) in [5.74, 6) is 0. The molecule has 1 rings (SSSR count). The van der Waals surface area contributed by atoms with Gasteiger partial charge in [-0.05, 0) is 26.3 Å². The molecule has 4 nitrogen and oxygen atoms in total. The predicted molar refractivity (Wildman–Crippen MR) is 50.9 cm³/mol. The first-order valence-electron chi connectivity index (χ1n) is 4.85. The van der Waals surface area contributed by atoms with Gasteiger partial charge < -0.3 is 15.3 Å². The van der Waals surface area contributed by atoms with Crippen LogP contribution >= 0.6 is 0 Å². The van der Waals surface area contributed by atoms with Gasteiger partial charge >= 0.3 is 6.09 Å². The summed E-state index contributed by atoms with van der Waals surface area (Å²) in [5.41, 5.74) is 0. The highest BCUT2D eigenvalue weighted by Gasteiger charge is 2.29. The number of nitrogens with zero attached hydrogens (tertiary/aromatic N) is 1. The topological polar surface area (TPSA) is 52.6 Å². The van der Waals surface area contributed by atoms with Gasteiger partial charge in [0.1, 0.15) is 0 Å². The Bertz CT molecular complexity index is 184. The van der Waals surface area contributed by atoms with E-state index in [9.17, 15) is 4.79 Å². The summed E-state index contributed by atoms with van der Waals surface area (Å²) in [5, 5.41) is 12.1. The summed E-state index contributed by atoms with van der Waals surface area (Å²) < 4.78 is 0. The van der Waals surface area contributed by atoms with Gasteiger partial charge in [0.2, 0.25) is 0 Å². The van der Waals surface area contributed by atoms with Crippen molar-refractivity contribution >= 4 is 6.09 Å². The van der Waals surface area contributed by atoms with E-state index in [4.69, 9.17) is 5.11 Å². The monoisotopic (exact) mass is 186 g/mol. The molecule has 0 saturated carbocycles. The van der Waals surface area contributed by atoms with Crippen LogP contribution in [0.2, 0.25) is 0 Å². The van der Waals surface area contributed by atoms with Crippen molar-refractivity contribution in [1.82, 2.24) is 10.2 Å². The molecular formula is C9H18N2O2. The lowest BCUT2D eigenvalue weighted by molar-refractivity contribution is 0.0960. The van der Waals surface area contributed by atoms with E-state index >= 15 is 0 Å². The molecular weight excluding hydrogens is 168 g/mol. The van der Waals surface area contributed by atoms with Crippen LogP contribution in [0.25, 0.3) is 0 Å². The molecule has 0 aromatic carbocycles. The Morgan fingerprint density at radius 3 is 2.85 bits per heavy atom. The van der Waals surface area contributed by atoms with Crippen LogP contribution in [0, 0.1) is 0 Å². The van der Waals surface area contributed by atoms with Gasteiger partial charge in [0, 0.05) is 18.6 Å². The van der Waals surface area contributed by atoms with Gasteiger partial charge in [0.05, 0.1) is 0 Å². The van der Waals surface area contributed by atoms with Gasteiger partial charge in [-0.1, -0.05) is 6.92 Å². The Morgan fingerprint density at radius 1 is 1.69 bits per heavy atom. The molecule has 0 unspecified atom stereocenters. The second-order valence-corrected chi connectivity index (χ2v) is 3.55. The molecule has 1 aliphatic heterocycles. The van der Waals surface area contributed by atoms with Crippen LogP contribution in [0.15, 0.2) is 0 Å². The SMILES string of the molecule is CC[C@@H]1C[C@@H](NC)CCN1C(=O)O. The van der Waals surface area contributed by atoms with Crippen LogP contribution < -0.4 is 5.32 Å². The third kappa shape index (κ3) is 2.34. The van der Waals surface area contributed by atoms with Crippen LogP contribution in [0.3, 0.4) is 0 Å². The first kappa shape index (κ1) is 10.3. The maximum Gasteiger partial charge on any atom is 0.407 e. The van der Waals surface area contributed by atoms with Crippen LogP contribution in [-0.2, 0) is 0 Å². The molecule has 1 fully saturated rings.